The maximum absolute atomic E-state index is 12.9. The second-order valence-corrected chi connectivity index (χ2v) is 6.57. The first-order chi connectivity index (χ1) is 12.7. The minimum atomic E-state index is -0.0123. The smallest absolute Gasteiger partial charge is 0.271 e. The molecule has 6 heteroatoms. The molecule has 3 heterocycles. The fourth-order valence-corrected chi connectivity index (χ4v) is 3.36. The van der Waals surface area contributed by atoms with Crippen molar-refractivity contribution in [3.05, 3.63) is 72.2 Å². The van der Waals surface area contributed by atoms with Gasteiger partial charge in [-0.25, -0.2) is 0 Å². The van der Waals surface area contributed by atoms with Crippen LogP contribution in [0.15, 0.2) is 60.9 Å². The number of nitrogens with zero attached hydrogens (tertiary/aromatic N) is 4. The summed E-state index contributed by atoms with van der Waals surface area (Å²) >= 11 is 0. The van der Waals surface area contributed by atoms with Crippen molar-refractivity contribution in [2.45, 2.75) is 6.04 Å². The van der Waals surface area contributed by atoms with E-state index in [4.69, 9.17) is 0 Å². The molecule has 0 spiro atoms. The molecule has 1 amide bonds. The number of carbonyl (C=O) groups excluding carboxylic acids is 1. The number of hydrogen-bond acceptors (Lipinski definition) is 4. The second-order valence-electron chi connectivity index (χ2n) is 6.57. The van der Waals surface area contributed by atoms with Crippen LogP contribution in [-0.2, 0) is 0 Å². The molecule has 3 aromatic rings. The number of nitrogens with one attached hydrogen (secondary N) is 1. The fourth-order valence-electron chi connectivity index (χ4n) is 3.36. The van der Waals surface area contributed by atoms with E-state index in [2.05, 4.69) is 39.3 Å². The standard InChI is InChI=1S/C20H21N5O/c1-24-10-11-25(14-19(24)15-6-3-2-4-7-15)20(26)18-12-17(22-23-18)16-8-5-9-21-13-16/h2-9,12-13,19H,10-11,14H2,1H3,(H,22,23)/t19-/m0/s1. The normalized spacial score (nSPS) is 18.0. The van der Waals surface area contributed by atoms with E-state index in [1.165, 1.54) is 5.56 Å². The van der Waals surface area contributed by atoms with Crippen LogP contribution in [-0.4, -0.2) is 57.6 Å². The van der Waals surface area contributed by atoms with Crippen LogP contribution in [0.1, 0.15) is 22.1 Å². The third-order valence-corrected chi connectivity index (χ3v) is 4.89. The van der Waals surface area contributed by atoms with Crippen molar-refractivity contribution in [1.29, 1.82) is 0 Å². The quantitative estimate of drug-likeness (QED) is 0.791. The Morgan fingerprint density at radius 2 is 2.00 bits per heavy atom. The Hall–Kier alpha value is -2.99. The van der Waals surface area contributed by atoms with Crippen molar-refractivity contribution in [1.82, 2.24) is 25.0 Å². The molecule has 1 aliphatic rings. The summed E-state index contributed by atoms with van der Waals surface area (Å²) in [4.78, 5) is 21.3. The molecule has 0 saturated carbocycles. The number of benzene rings is 1. The molecule has 0 radical (unpaired) electrons. The van der Waals surface area contributed by atoms with E-state index >= 15 is 0 Å². The number of aromatic nitrogens is 3. The SMILES string of the molecule is CN1CCN(C(=O)c2cc(-c3cccnc3)n[nH]2)C[C@H]1c1ccccc1. The van der Waals surface area contributed by atoms with E-state index in [0.29, 0.717) is 18.8 Å². The van der Waals surface area contributed by atoms with Gasteiger partial charge in [-0.05, 0) is 30.8 Å². The molecule has 1 aromatic carbocycles. The number of hydrogen-bond donors (Lipinski definition) is 1. The highest BCUT2D eigenvalue weighted by atomic mass is 16.2. The topological polar surface area (TPSA) is 65.1 Å². The van der Waals surface area contributed by atoms with Gasteiger partial charge in [-0.2, -0.15) is 5.10 Å². The summed E-state index contributed by atoms with van der Waals surface area (Å²) in [5.41, 5.74) is 3.37. The number of carbonyl (C=O) groups is 1. The fraction of sp³-hybridized carbons (Fsp3) is 0.250. The average Bonchev–Trinajstić information content (AvgIpc) is 3.19. The van der Waals surface area contributed by atoms with Crippen LogP contribution < -0.4 is 0 Å². The highest BCUT2D eigenvalue weighted by molar-refractivity contribution is 5.93. The third-order valence-electron chi connectivity index (χ3n) is 4.89. The third kappa shape index (κ3) is 3.23. The maximum Gasteiger partial charge on any atom is 0.271 e. The van der Waals surface area contributed by atoms with E-state index in [9.17, 15) is 4.79 Å². The van der Waals surface area contributed by atoms with Crippen LogP contribution in [0.3, 0.4) is 0 Å². The maximum atomic E-state index is 12.9. The number of rotatable bonds is 3. The summed E-state index contributed by atoms with van der Waals surface area (Å²) in [6.07, 6.45) is 3.46. The van der Waals surface area contributed by atoms with Gasteiger partial charge < -0.3 is 4.90 Å². The van der Waals surface area contributed by atoms with Gasteiger partial charge in [0.15, 0.2) is 0 Å². The number of piperazine rings is 1. The molecule has 0 bridgehead atoms. The van der Waals surface area contributed by atoms with Crippen molar-refractivity contribution in [2.75, 3.05) is 26.7 Å². The zero-order valence-electron chi connectivity index (χ0n) is 14.7. The molecule has 0 unspecified atom stereocenters. The molecule has 1 atom stereocenters. The second kappa shape index (κ2) is 7.09. The summed E-state index contributed by atoms with van der Waals surface area (Å²) in [6, 6.07) is 16.1. The van der Waals surface area contributed by atoms with Crippen LogP contribution in [0.25, 0.3) is 11.3 Å². The van der Waals surface area contributed by atoms with E-state index in [0.717, 1.165) is 17.8 Å². The van der Waals surface area contributed by atoms with Crippen molar-refractivity contribution in [3.63, 3.8) is 0 Å². The van der Waals surface area contributed by atoms with Gasteiger partial charge in [0.05, 0.1) is 11.7 Å². The molecular weight excluding hydrogens is 326 g/mol. The Morgan fingerprint density at radius 3 is 2.77 bits per heavy atom. The summed E-state index contributed by atoms with van der Waals surface area (Å²) in [5, 5.41) is 7.16. The molecule has 2 aromatic heterocycles. The molecule has 0 aliphatic carbocycles. The predicted octanol–water partition coefficient (Wildman–Crippen LogP) is 2.60. The average molecular weight is 347 g/mol. The lowest BCUT2D eigenvalue weighted by Crippen LogP contribution is -2.49. The van der Waals surface area contributed by atoms with Gasteiger partial charge >= 0.3 is 0 Å². The molecule has 1 N–H and O–H groups in total. The van der Waals surface area contributed by atoms with Gasteiger partial charge in [-0.15, -0.1) is 0 Å². The van der Waals surface area contributed by atoms with Crippen molar-refractivity contribution in [3.8, 4) is 11.3 Å². The number of H-pyrrole nitrogens is 1. The summed E-state index contributed by atoms with van der Waals surface area (Å²) in [7, 11) is 2.11. The molecular formula is C20H21N5O. The monoisotopic (exact) mass is 347 g/mol. The Morgan fingerprint density at radius 1 is 1.15 bits per heavy atom. The lowest BCUT2D eigenvalue weighted by atomic mass is 10.0. The Kier molecular flexibility index (Phi) is 4.50. The molecule has 26 heavy (non-hydrogen) atoms. The first-order valence-corrected chi connectivity index (χ1v) is 8.72. The van der Waals surface area contributed by atoms with E-state index in [-0.39, 0.29) is 11.9 Å². The van der Waals surface area contributed by atoms with Gasteiger partial charge in [0.25, 0.3) is 5.91 Å². The van der Waals surface area contributed by atoms with E-state index in [1.807, 2.05) is 35.2 Å². The number of amides is 1. The summed E-state index contributed by atoms with van der Waals surface area (Å²) in [5.74, 6) is -0.0123. The van der Waals surface area contributed by atoms with E-state index in [1.54, 1.807) is 18.5 Å². The summed E-state index contributed by atoms with van der Waals surface area (Å²) in [6.45, 7) is 2.22. The zero-order valence-corrected chi connectivity index (χ0v) is 14.7. The van der Waals surface area contributed by atoms with Crippen LogP contribution in [0.4, 0.5) is 0 Å². The largest absolute Gasteiger partial charge is 0.334 e. The molecule has 1 fully saturated rings. The zero-order chi connectivity index (χ0) is 17.9. The number of likely N-dealkylation sites (N-methyl/N-ethyl adjacent to an activating group) is 1. The highest BCUT2D eigenvalue weighted by Gasteiger charge is 2.29. The molecule has 132 valence electrons. The first-order valence-electron chi connectivity index (χ1n) is 8.72. The Labute approximate surface area is 152 Å². The van der Waals surface area contributed by atoms with Gasteiger partial charge in [-0.1, -0.05) is 30.3 Å². The molecule has 1 aliphatic heterocycles. The van der Waals surface area contributed by atoms with E-state index < -0.39 is 0 Å². The van der Waals surface area contributed by atoms with Crippen LogP contribution in [0.5, 0.6) is 0 Å². The van der Waals surface area contributed by atoms with Gasteiger partial charge in [0.1, 0.15) is 5.69 Å². The van der Waals surface area contributed by atoms with Gasteiger partial charge in [0, 0.05) is 37.6 Å². The van der Waals surface area contributed by atoms with Crippen LogP contribution in [0.2, 0.25) is 0 Å². The Balaban J connectivity index is 1.52. The molecule has 1 saturated heterocycles. The molecule has 4 rings (SSSR count). The van der Waals surface area contributed by atoms with Gasteiger partial charge in [-0.3, -0.25) is 19.8 Å². The lowest BCUT2D eigenvalue weighted by Gasteiger charge is -2.39. The van der Waals surface area contributed by atoms with Crippen molar-refractivity contribution < 1.29 is 4.79 Å². The number of aromatic amines is 1. The summed E-state index contributed by atoms with van der Waals surface area (Å²) < 4.78 is 0. The highest BCUT2D eigenvalue weighted by Crippen LogP contribution is 2.25. The minimum absolute atomic E-state index is 0.0123. The minimum Gasteiger partial charge on any atom is -0.334 e. The van der Waals surface area contributed by atoms with Crippen molar-refractivity contribution in [2.24, 2.45) is 0 Å². The Bertz CT molecular complexity index is 877. The molecule has 6 nitrogen and oxygen atoms in total. The first kappa shape index (κ1) is 16.5. The van der Waals surface area contributed by atoms with Crippen molar-refractivity contribution >= 4 is 5.91 Å². The van der Waals surface area contributed by atoms with Crippen LogP contribution in [0, 0.1) is 0 Å². The number of pyridine rings is 1. The predicted molar refractivity (Wildman–Crippen MR) is 99.5 cm³/mol. The van der Waals surface area contributed by atoms with Gasteiger partial charge in [0.2, 0.25) is 0 Å². The van der Waals surface area contributed by atoms with Crippen LogP contribution >= 0.6 is 0 Å². The lowest BCUT2D eigenvalue weighted by molar-refractivity contribution is 0.0540.